The van der Waals surface area contributed by atoms with Gasteiger partial charge in [-0.2, -0.15) is 0 Å². The van der Waals surface area contributed by atoms with Crippen LogP contribution in [0.15, 0.2) is 54.0 Å². The van der Waals surface area contributed by atoms with Gasteiger partial charge in [0, 0.05) is 18.1 Å². The normalized spacial score (nSPS) is 10.5. The van der Waals surface area contributed by atoms with Gasteiger partial charge in [-0.05, 0) is 36.2 Å². The number of rotatable bonds is 6. The second-order valence-corrected chi connectivity index (χ2v) is 6.12. The first-order valence-corrected chi connectivity index (χ1v) is 8.45. The summed E-state index contributed by atoms with van der Waals surface area (Å²) in [5, 5.41) is 5.51. The van der Waals surface area contributed by atoms with Gasteiger partial charge in [-0.1, -0.05) is 18.2 Å². The predicted molar refractivity (Wildman–Crippen MR) is 92.2 cm³/mol. The van der Waals surface area contributed by atoms with Crippen LogP contribution in [0.25, 0.3) is 10.7 Å². The third kappa shape index (κ3) is 4.45. The first-order chi connectivity index (χ1) is 11.7. The van der Waals surface area contributed by atoms with Gasteiger partial charge < -0.3 is 5.32 Å². The third-order valence-electron chi connectivity index (χ3n) is 3.40. The van der Waals surface area contributed by atoms with Gasteiger partial charge >= 0.3 is 0 Å². The van der Waals surface area contributed by atoms with E-state index in [4.69, 9.17) is 0 Å². The van der Waals surface area contributed by atoms with Crippen LogP contribution in [0.4, 0.5) is 4.39 Å². The summed E-state index contributed by atoms with van der Waals surface area (Å²) >= 11 is 1.47. The highest BCUT2D eigenvalue weighted by molar-refractivity contribution is 7.13. The lowest BCUT2D eigenvalue weighted by atomic mass is 10.1. The van der Waals surface area contributed by atoms with Gasteiger partial charge in [0.25, 0.3) is 0 Å². The van der Waals surface area contributed by atoms with Crippen molar-refractivity contribution in [1.82, 2.24) is 15.3 Å². The lowest BCUT2D eigenvalue weighted by molar-refractivity contribution is -0.120. The number of hydrogen-bond acceptors (Lipinski definition) is 4. The molecule has 1 aromatic carbocycles. The summed E-state index contributed by atoms with van der Waals surface area (Å²) in [5.74, 6) is -0.354. The fourth-order valence-corrected chi connectivity index (χ4v) is 3.06. The second kappa shape index (κ2) is 7.79. The van der Waals surface area contributed by atoms with Crippen molar-refractivity contribution >= 4 is 17.2 Å². The number of nitrogens with zero attached hydrogens (tertiary/aromatic N) is 2. The van der Waals surface area contributed by atoms with Crippen LogP contribution < -0.4 is 5.32 Å². The molecule has 3 aromatic rings. The standard InChI is InChI=1S/C18H16FN3OS/c19-14-5-3-4-13(10-14)7-9-21-17(23)11-15-12-24-18(22-15)16-6-1-2-8-20-16/h1-6,8,10,12H,7,9,11H2,(H,21,23). The number of carbonyl (C=O) groups excluding carboxylic acids is 1. The summed E-state index contributed by atoms with van der Waals surface area (Å²) in [5.41, 5.74) is 2.39. The Bertz CT molecular complexity index is 820. The molecule has 0 saturated carbocycles. The molecule has 2 aromatic heterocycles. The number of pyridine rings is 1. The molecule has 1 amide bonds. The van der Waals surface area contributed by atoms with E-state index in [1.54, 1.807) is 12.3 Å². The van der Waals surface area contributed by atoms with Gasteiger partial charge in [0.05, 0.1) is 17.8 Å². The Morgan fingerprint density at radius 1 is 1.21 bits per heavy atom. The zero-order valence-electron chi connectivity index (χ0n) is 12.9. The molecule has 3 rings (SSSR count). The number of thiazole rings is 1. The summed E-state index contributed by atoms with van der Waals surface area (Å²) in [4.78, 5) is 20.7. The van der Waals surface area contributed by atoms with Crippen molar-refractivity contribution in [3.63, 3.8) is 0 Å². The van der Waals surface area contributed by atoms with Crippen molar-refractivity contribution in [1.29, 1.82) is 0 Å². The number of amides is 1. The Balaban J connectivity index is 1.49. The maximum atomic E-state index is 13.1. The largest absolute Gasteiger partial charge is 0.355 e. The number of halogens is 1. The van der Waals surface area contributed by atoms with E-state index in [9.17, 15) is 9.18 Å². The lowest BCUT2D eigenvalue weighted by Crippen LogP contribution is -2.27. The molecule has 0 aliphatic carbocycles. The van der Waals surface area contributed by atoms with Crippen LogP contribution in [-0.4, -0.2) is 22.4 Å². The SMILES string of the molecule is O=C(Cc1csc(-c2ccccn2)n1)NCCc1cccc(F)c1. The Labute approximate surface area is 143 Å². The number of hydrogen-bond donors (Lipinski definition) is 1. The minimum atomic E-state index is -0.261. The van der Waals surface area contributed by atoms with E-state index in [2.05, 4.69) is 15.3 Å². The Morgan fingerprint density at radius 3 is 2.92 bits per heavy atom. The molecule has 6 heteroatoms. The number of benzene rings is 1. The Kier molecular flexibility index (Phi) is 5.28. The van der Waals surface area contributed by atoms with E-state index in [0.29, 0.717) is 13.0 Å². The zero-order valence-corrected chi connectivity index (χ0v) is 13.7. The molecule has 0 aliphatic heterocycles. The van der Waals surface area contributed by atoms with E-state index in [0.717, 1.165) is 22.0 Å². The first kappa shape index (κ1) is 16.3. The molecule has 0 radical (unpaired) electrons. The van der Waals surface area contributed by atoms with Crippen LogP contribution >= 0.6 is 11.3 Å². The van der Waals surface area contributed by atoms with E-state index >= 15 is 0 Å². The molecule has 2 heterocycles. The van der Waals surface area contributed by atoms with Crippen LogP contribution in [0.5, 0.6) is 0 Å². The number of nitrogens with one attached hydrogen (secondary N) is 1. The molecule has 0 atom stereocenters. The third-order valence-corrected chi connectivity index (χ3v) is 4.32. The van der Waals surface area contributed by atoms with Crippen LogP contribution in [0.2, 0.25) is 0 Å². The molecule has 0 bridgehead atoms. The predicted octanol–water partition coefficient (Wildman–Crippen LogP) is 3.25. The van der Waals surface area contributed by atoms with E-state index in [1.165, 1.54) is 23.5 Å². The van der Waals surface area contributed by atoms with Crippen molar-refractivity contribution in [2.75, 3.05) is 6.54 Å². The summed E-state index contributed by atoms with van der Waals surface area (Å²) < 4.78 is 13.1. The number of aromatic nitrogens is 2. The van der Waals surface area contributed by atoms with Gasteiger partial charge in [0.15, 0.2) is 0 Å². The molecule has 1 N–H and O–H groups in total. The first-order valence-electron chi connectivity index (χ1n) is 7.57. The molecule has 0 aliphatic rings. The van der Waals surface area contributed by atoms with Crippen LogP contribution in [0, 0.1) is 5.82 Å². The maximum Gasteiger partial charge on any atom is 0.226 e. The highest BCUT2D eigenvalue weighted by Gasteiger charge is 2.09. The van der Waals surface area contributed by atoms with Gasteiger partial charge in [-0.3, -0.25) is 9.78 Å². The average Bonchev–Trinajstić information content (AvgIpc) is 3.04. The van der Waals surface area contributed by atoms with Gasteiger partial charge in [0.2, 0.25) is 5.91 Å². The van der Waals surface area contributed by atoms with Crippen LogP contribution in [0.3, 0.4) is 0 Å². The van der Waals surface area contributed by atoms with Crippen molar-refractivity contribution in [3.8, 4) is 10.7 Å². The molecule has 122 valence electrons. The molecule has 0 fully saturated rings. The van der Waals surface area contributed by atoms with Crippen molar-refractivity contribution in [2.24, 2.45) is 0 Å². The van der Waals surface area contributed by atoms with E-state index in [1.807, 2.05) is 29.6 Å². The summed E-state index contributed by atoms with van der Waals surface area (Å²) in [6, 6.07) is 12.0. The average molecular weight is 341 g/mol. The smallest absolute Gasteiger partial charge is 0.226 e. The number of carbonyl (C=O) groups is 1. The summed E-state index contributed by atoms with van der Waals surface area (Å²) in [6.45, 7) is 0.472. The van der Waals surface area contributed by atoms with Crippen molar-refractivity contribution in [2.45, 2.75) is 12.8 Å². The highest BCUT2D eigenvalue weighted by atomic mass is 32.1. The van der Waals surface area contributed by atoms with Crippen molar-refractivity contribution < 1.29 is 9.18 Å². The van der Waals surface area contributed by atoms with E-state index < -0.39 is 0 Å². The van der Waals surface area contributed by atoms with Gasteiger partial charge in [-0.15, -0.1) is 11.3 Å². The fourth-order valence-electron chi connectivity index (χ4n) is 2.26. The molecular formula is C18H16FN3OS. The minimum Gasteiger partial charge on any atom is -0.355 e. The fraction of sp³-hybridized carbons (Fsp3) is 0.167. The monoisotopic (exact) mass is 341 g/mol. The maximum absolute atomic E-state index is 13.1. The highest BCUT2D eigenvalue weighted by Crippen LogP contribution is 2.21. The van der Waals surface area contributed by atoms with Gasteiger partial charge in [0.1, 0.15) is 10.8 Å². The summed E-state index contributed by atoms with van der Waals surface area (Å²) in [6.07, 6.45) is 2.54. The van der Waals surface area contributed by atoms with Crippen LogP contribution in [-0.2, 0) is 17.6 Å². The molecule has 0 unspecified atom stereocenters. The zero-order chi connectivity index (χ0) is 16.8. The lowest BCUT2D eigenvalue weighted by Gasteiger charge is -2.04. The van der Waals surface area contributed by atoms with Gasteiger partial charge in [-0.25, -0.2) is 9.37 Å². The molecule has 4 nitrogen and oxygen atoms in total. The molecule has 0 spiro atoms. The van der Waals surface area contributed by atoms with E-state index in [-0.39, 0.29) is 18.1 Å². The minimum absolute atomic E-state index is 0.0933. The second-order valence-electron chi connectivity index (χ2n) is 5.27. The Morgan fingerprint density at radius 2 is 2.12 bits per heavy atom. The van der Waals surface area contributed by atoms with Crippen LogP contribution in [0.1, 0.15) is 11.3 Å². The van der Waals surface area contributed by atoms with Crippen molar-refractivity contribution in [3.05, 3.63) is 71.1 Å². The quantitative estimate of drug-likeness (QED) is 0.749. The summed E-state index contributed by atoms with van der Waals surface area (Å²) in [7, 11) is 0. The topological polar surface area (TPSA) is 54.9 Å². The molecule has 24 heavy (non-hydrogen) atoms. The molecular weight excluding hydrogens is 325 g/mol. The Hall–Kier alpha value is -2.60. The molecule has 0 saturated heterocycles.